The van der Waals surface area contributed by atoms with Crippen molar-refractivity contribution >= 4 is 33.2 Å². The number of carbonyl (C=O) groups excluding carboxylic acids is 2. The fourth-order valence-corrected chi connectivity index (χ4v) is 3.79. The number of piperazine rings is 1. The number of benzene rings is 1. The molecule has 1 aliphatic rings. The van der Waals surface area contributed by atoms with E-state index < -0.39 is 0 Å². The fourth-order valence-electron chi connectivity index (χ4n) is 2.77. The van der Waals surface area contributed by atoms with E-state index in [9.17, 15) is 9.59 Å². The first-order valence-corrected chi connectivity index (χ1v) is 7.93. The number of amides is 2. The van der Waals surface area contributed by atoms with Crippen LogP contribution in [0.25, 0.3) is 10.1 Å². The SMILES string of the molecule is CC(=O)N1CCN(C(=O)c2cc3ccccc3s2)C(C)C1. The molecular formula is C16H18N2O2S. The van der Waals surface area contributed by atoms with Crippen LogP contribution in [0.2, 0.25) is 0 Å². The van der Waals surface area contributed by atoms with Crippen LogP contribution in [0.5, 0.6) is 0 Å². The molecule has 4 nitrogen and oxygen atoms in total. The van der Waals surface area contributed by atoms with Crippen molar-refractivity contribution in [2.24, 2.45) is 0 Å². The van der Waals surface area contributed by atoms with E-state index in [0.717, 1.165) is 15.0 Å². The van der Waals surface area contributed by atoms with Crippen LogP contribution in [0.4, 0.5) is 0 Å². The van der Waals surface area contributed by atoms with Crippen LogP contribution >= 0.6 is 11.3 Å². The lowest BCUT2D eigenvalue weighted by atomic mass is 10.1. The zero-order valence-electron chi connectivity index (χ0n) is 12.2. The van der Waals surface area contributed by atoms with Gasteiger partial charge in [0, 0.05) is 37.3 Å². The molecule has 1 atom stereocenters. The third-order valence-electron chi connectivity index (χ3n) is 3.97. The molecule has 0 saturated carbocycles. The van der Waals surface area contributed by atoms with Gasteiger partial charge in [0.25, 0.3) is 5.91 Å². The highest BCUT2D eigenvalue weighted by Gasteiger charge is 2.29. The molecule has 2 amide bonds. The molecule has 0 radical (unpaired) electrons. The van der Waals surface area contributed by atoms with Crippen molar-refractivity contribution in [3.05, 3.63) is 35.2 Å². The second-order valence-electron chi connectivity index (χ2n) is 5.46. The van der Waals surface area contributed by atoms with E-state index in [-0.39, 0.29) is 17.9 Å². The molecule has 0 bridgehead atoms. The third-order valence-corrected chi connectivity index (χ3v) is 5.07. The summed E-state index contributed by atoms with van der Waals surface area (Å²) in [5.74, 6) is 0.155. The van der Waals surface area contributed by atoms with Crippen molar-refractivity contribution in [1.29, 1.82) is 0 Å². The van der Waals surface area contributed by atoms with Gasteiger partial charge in [0.2, 0.25) is 5.91 Å². The summed E-state index contributed by atoms with van der Waals surface area (Å²) >= 11 is 1.54. The maximum Gasteiger partial charge on any atom is 0.264 e. The van der Waals surface area contributed by atoms with Crippen molar-refractivity contribution in [2.75, 3.05) is 19.6 Å². The Labute approximate surface area is 128 Å². The molecule has 110 valence electrons. The van der Waals surface area contributed by atoms with E-state index in [1.807, 2.05) is 42.2 Å². The van der Waals surface area contributed by atoms with Crippen LogP contribution in [0.1, 0.15) is 23.5 Å². The van der Waals surface area contributed by atoms with Gasteiger partial charge in [-0.1, -0.05) is 18.2 Å². The first-order valence-electron chi connectivity index (χ1n) is 7.11. The van der Waals surface area contributed by atoms with Gasteiger partial charge in [-0.25, -0.2) is 0 Å². The molecular weight excluding hydrogens is 284 g/mol. The number of carbonyl (C=O) groups is 2. The summed E-state index contributed by atoms with van der Waals surface area (Å²) in [4.78, 5) is 28.6. The number of fused-ring (bicyclic) bond motifs is 1. The quantitative estimate of drug-likeness (QED) is 0.812. The number of nitrogens with zero attached hydrogens (tertiary/aromatic N) is 2. The molecule has 21 heavy (non-hydrogen) atoms. The van der Waals surface area contributed by atoms with Gasteiger partial charge >= 0.3 is 0 Å². The van der Waals surface area contributed by atoms with Crippen molar-refractivity contribution in [2.45, 2.75) is 19.9 Å². The summed E-state index contributed by atoms with van der Waals surface area (Å²) in [6, 6.07) is 10.1. The first-order chi connectivity index (χ1) is 10.1. The van der Waals surface area contributed by atoms with Crippen molar-refractivity contribution in [1.82, 2.24) is 9.80 Å². The van der Waals surface area contributed by atoms with Crippen LogP contribution < -0.4 is 0 Å². The summed E-state index contributed by atoms with van der Waals surface area (Å²) in [7, 11) is 0. The molecule has 5 heteroatoms. The Bertz CT molecular complexity index is 661. The molecule has 0 N–H and O–H groups in total. The third kappa shape index (κ3) is 2.65. The molecule has 1 aromatic carbocycles. The summed E-state index contributed by atoms with van der Waals surface area (Å²) in [6.07, 6.45) is 0. The molecule has 2 aromatic rings. The average Bonchev–Trinajstić information content (AvgIpc) is 2.90. The maximum atomic E-state index is 12.7. The van der Waals surface area contributed by atoms with Crippen LogP contribution in [0, 0.1) is 0 Å². The van der Waals surface area contributed by atoms with E-state index >= 15 is 0 Å². The van der Waals surface area contributed by atoms with Gasteiger partial charge in [0.05, 0.1) is 4.88 Å². The van der Waals surface area contributed by atoms with Gasteiger partial charge in [-0.2, -0.15) is 0 Å². The van der Waals surface area contributed by atoms with Gasteiger partial charge in [-0.15, -0.1) is 11.3 Å². The van der Waals surface area contributed by atoms with E-state index in [2.05, 4.69) is 0 Å². The predicted molar refractivity (Wildman–Crippen MR) is 84.6 cm³/mol. The molecule has 1 fully saturated rings. The highest BCUT2D eigenvalue weighted by Crippen LogP contribution is 2.27. The Morgan fingerprint density at radius 1 is 1.24 bits per heavy atom. The Balaban J connectivity index is 1.80. The standard InChI is InChI=1S/C16H18N2O2S/c1-11-10-17(12(2)19)7-8-18(11)16(20)15-9-13-5-3-4-6-14(13)21-15/h3-6,9,11H,7-8,10H2,1-2H3. The lowest BCUT2D eigenvalue weighted by molar-refractivity contribution is -0.131. The Hall–Kier alpha value is -1.88. The summed E-state index contributed by atoms with van der Waals surface area (Å²) in [5, 5.41) is 1.11. The zero-order valence-corrected chi connectivity index (χ0v) is 13.0. The maximum absolute atomic E-state index is 12.7. The van der Waals surface area contributed by atoms with Gasteiger partial charge in [0.15, 0.2) is 0 Å². The number of hydrogen-bond donors (Lipinski definition) is 0. The molecule has 3 rings (SSSR count). The van der Waals surface area contributed by atoms with Gasteiger partial charge in [-0.05, 0) is 24.4 Å². The van der Waals surface area contributed by atoms with Crippen molar-refractivity contribution in [3.8, 4) is 0 Å². The number of thiophene rings is 1. The molecule has 2 heterocycles. The summed E-state index contributed by atoms with van der Waals surface area (Å²) < 4.78 is 1.14. The minimum absolute atomic E-state index is 0.0559. The lowest BCUT2D eigenvalue weighted by Crippen LogP contribution is -2.54. The largest absolute Gasteiger partial charge is 0.339 e. The lowest BCUT2D eigenvalue weighted by Gasteiger charge is -2.39. The minimum atomic E-state index is 0.0559. The highest BCUT2D eigenvalue weighted by atomic mass is 32.1. The smallest absolute Gasteiger partial charge is 0.264 e. The molecule has 1 saturated heterocycles. The van der Waals surface area contributed by atoms with Gasteiger partial charge < -0.3 is 9.80 Å². The zero-order chi connectivity index (χ0) is 15.0. The van der Waals surface area contributed by atoms with E-state index in [4.69, 9.17) is 0 Å². The fraction of sp³-hybridized carbons (Fsp3) is 0.375. The minimum Gasteiger partial charge on any atom is -0.339 e. The molecule has 1 aliphatic heterocycles. The topological polar surface area (TPSA) is 40.6 Å². The second kappa shape index (κ2) is 5.48. The van der Waals surface area contributed by atoms with E-state index in [1.54, 1.807) is 11.8 Å². The monoisotopic (exact) mass is 302 g/mol. The average molecular weight is 302 g/mol. The van der Waals surface area contributed by atoms with E-state index in [0.29, 0.717) is 19.6 Å². The molecule has 0 aliphatic carbocycles. The van der Waals surface area contributed by atoms with Crippen LogP contribution in [0.15, 0.2) is 30.3 Å². The van der Waals surface area contributed by atoms with Gasteiger partial charge in [0.1, 0.15) is 0 Å². The highest BCUT2D eigenvalue weighted by molar-refractivity contribution is 7.20. The van der Waals surface area contributed by atoms with Gasteiger partial charge in [-0.3, -0.25) is 9.59 Å². The van der Waals surface area contributed by atoms with E-state index in [1.165, 1.54) is 11.3 Å². The predicted octanol–water partition coefficient (Wildman–Crippen LogP) is 2.59. The Morgan fingerprint density at radius 3 is 2.67 bits per heavy atom. The first kappa shape index (κ1) is 14.1. The van der Waals surface area contributed by atoms with Crippen molar-refractivity contribution in [3.63, 3.8) is 0 Å². The molecule has 1 aromatic heterocycles. The number of rotatable bonds is 1. The number of hydrogen-bond acceptors (Lipinski definition) is 3. The second-order valence-corrected chi connectivity index (χ2v) is 6.54. The molecule has 1 unspecified atom stereocenters. The van der Waals surface area contributed by atoms with Crippen LogP contribution in [-0.2, 0) is 4.79 Å². The normalized spacial score (nSPS) is 19.0. The Morgan fingerprint density at radius 2 is 2.00 bits per heavy atom. The van der Waals surface area contributed by atoms with Crippen LogP contribution in [0.3, 0.4) is 0 Å². The van der Waals surface area contributed by atoms with Crippen LogP contribution in [-0.4, -0.2) is 47.3 Å². The molecule has 0 spiro atoms. The Kier molecular flexibility index (Phi) is 3.68. The summed E-state index contributed by atoms with van der Waals surface area (Å²) in [6.45, 7) is 5.42. The van der Waals surface area contributed by atoms with Crippen molar-refractivity contribution < 1.29 is 9.59 Å². The summed E-state index contributed by atoms with van der Waals surface area (Å²) in [5.41, 5.74) is 0.